The normalized spacial score (nSPS) is 11.0. The van der Waals surface area contributed by atoms with Gasteiger partial charge in [-0.05, 0) is 76.9 Å². The molecule has 0 fully saturated rings. The zero-order valence-corrected chi connectivity index (χ0v) is 16.9. The third-order valence-corrected chi connectivity index (χ3v) is 4.47. The van der Waals surface area contributed by atoms with E-state index in [-0.39, 0.29) is 11.8 Å². The average Bonchev–Trinajstić information content (AvgIpc) is 2.59. The van der Waals surface area contributed by atoms with Crippen molar-refractivity contribution in [2.75, 3.05) is 17.2 Å². The highest BCUT2D eigenvalue weighted by molar-refractivity contribution is 6.14. The number of carbonyl (C=O) groups excluding carboxylic acids is 2. The van der Waals surface area contributed by atoms with E-state index in [1.165, 1.54) is 0 Å². The van der Waals surface area contributed by atoms with Gasteiger partial charge < -0.3 is 15.4 Å². The summed E-state index contributed by atoms with van der Waals surface area (Å²) in [6, 6.07) is 11.1. The summed E-state index contributed by atoms with van der Waals surface area (Å²) in [5, 5.41) is 5.72. The molecule has 0 aromatic heterocycles. The molecule has 0 heterocycles. The highest BCUT2D eigenvalue weighted by Crippen LogP contribution is 2.26. The third kappa shape index (κ3) is 4.88. The summed E-state index contributed by atoms with van der Waals surface area (Å²) in [6.45, 7) is 11.6. The van der Waals surface area contributed by atoms with E-state index in [2.05, 4.69) is 10.6 Å². The number of hydrogen-bond acceptors (Lipinski definition) is 3. The van der Waals surface area contributed by atoms with E-state index < -0.39 is 5.41 Å². The lowest BCUT2D eigenvalue weighted by molar-refractivity contribution is -0.135. The summed E-state index contributed by atoms with van der Waals surface area (Å²) >= 11 is 0. The van der Waals surface area contributed by atoms with Crippen molar-refractivity contribution in [2.24, 2.45) is 5.41 Å². The van der Waals surface area contributed by atoms with E-state index in [9.17, 15) is 9.59 Å². The van der Waals surface area contributed by atoms with E-state index in [1.54, 1.807) is 38.1 Å². The molecule has 0 aliphatic carbocycles. The molecular weight excluding hydrogens is 340 g/mol. The van der Waals surface area contributed by atoms with Crippen molar-refractivity contribution in [1.29, 1.82) is 0 Å². The van der Waals surface area contributed by atoms with Crippen molar-refractivity contribution in [2.45, 2.75) is 41.5 Å². The summed E-state index contributed by atoms with van der Waals surface area (Å²) < 4.78 is 5.39. The molecule has 0 spiro atoms. The van der Waals surface area contributed by atoms with Gasteiger partial charge in [0.1, 0.15) is 11.2 Å². The second-order valence-corrected chi connectivity index (χ2v) is 7.26. The van der Waals surface area contributed by atoms with Crippen LogP contribution in [0.4, 0.5) is 11.4 Å². The molecule has 0 unspecified atom stereocenters. The van der Waals surface area contributed by atoms with Crippen LogP contribution < -0.4 is 15.4 Å². The first kappa shape index (κ1) is 20.5. The Bertz CT molecular complexity index is 816. The Morgan fingerprint density at radius 2 is 1.44 bits per heavy atom. The lowest BCUT2D eigenvalue weighted by atomic mass is 9.90. The Kier molecular flexibility index (Phi) is 6.26. The Morgan fingerprint density at radius 1 is 0.926 bits per heavy atom. The van der Waals surface area contributed by atoms with Crippen molar-refractivity contribution >= 4 is 23.2 Å². The van der Waals surface area contributed by atoms with Crippen molar-refractivity contribution in [3.8, 4) is 5.75 Å². The quantitative estimate of drug-likeness (QED) is 0.732. The zero-order valence-electron chi connectivity index (χ0n) is 16.9. The topological polar surface area (TPSA) is 67.4 Å². The number of anilines is 2. The molecule has 0 radical (unpaired) electrons. The fourth-order valence-corrected chi connectivity index (χ4v) is 2.84. The largest absolute Gasteiger partial charge is 0.494 e. The van der Waals surface area contributed by atoms with Gasteiger partial charge in [0.25, 0.3) is 0 Å². The van der Waals surface area contributed by atoms with Gasteiger partial charge in [0, 0.05) is 11.4 Å². The average molecular weight is 368 g/mol. The van der Waals surface area contributed by atoms with Crippen LogP contribution in [0.25, 0.3) is 0 Å². The Labute approximate surface area is 161 Å². The van der Waals surface area contributed by atoms with Gasteiger partial charge in [0.2, 0.25) is 11.8 Å². The van der Waals surface area contributed by atoms with Crippen LogP contribution in [0.3, 0.4) is 0 Å². The van der Waals surface area contributed by atoms with Gasteiger partial charge in [-0.1, -0.05) is 17.7 Å². The van der Waals surface area contributed by atoms with E-state index in [1.807, 2.05) is 39.8 Å². The van der Waals surface area contributed by atoms with E-state index >= 15 is 0 Å². The van der Waals surface area contributed by atoms with Gasteiger partial charge in [-0.3, -0.25) is 9.59 Å². The Morgan fingerprint density at radius 3 is 1.96 bits per heavy atom. The number of nitrogens with one attached hydrogen (secondary N) is 2. The van der Waals surface area contributed by atoms with E-state index in [4.69, 9.17) is 4.74 Å². The maximum atomic E-state index is 12.8. The summed E-state index contributed by atoms with van der Waals surface area (Å²) in [5.74, 6) is 0.0189. The van der Waals surface area contributed by atoms with Crippen molar-refractivity contribution < 1.29 is 14.3 Å². The molecule has 0 bridgehead atoms. The molecule has 5 nitrogen and oxygen atoms in total. The second kappa shape index (κ2) is 8.25. The van der Waals surface area contributed by atoms with Crippen LogP contribution in [0.5, 0.6) is 5.75 Å². The molecule has 2 N–H and O–H groups in total. The SMILES string of the molecule is CCOc1ccc(NC(=O)C(C)(C)C(=O)Nc2c(C)cc(C)cc2C)cc1. The van der Waals surface area contributed by atoms with Crippen LogP contribution >= 0.6 is 0 Å². The predicted octanol–water partition coefficient (Wildman–Crippen LogP) is 4.61. The number of amides is 2. The van der Waals surface area contributed by atoms with E-state index in [0.29, 0.717) is 12.3 Å². The molecule has 27 heavy (non-hydrogen) atoms. The molecule has 2 aromatic carbocycles. The first-order chi connectivity index (χ1) is 12.6. The van der Waals surface area contributed by atoms with E-state index in [0.717, 1.165) is 28.1 Å². The smallest absolute Gasteiger partial charge is 0.239 e. The summed E-state index contributed by atoms with van der Waals surface area (Å²) in [4.78, 5) is 25.5. The molecule has 2 amide bonds. The van der Waals surface area contributed by atoms with Crippen molar-refractivity contribution in [3.05, 3.63) is 53.1 Å². The number of carbonyl (C=O) groups is 2. The number of aryl methyl sites for hydroxylation is 3. The molecule has 0 aliphatic heterocycles. The van der Waals surface area contributed by atoms with Crippen LogP contribution in [0.2, 0.25) is 0 Å². The Hall–Kier alpha value is -2.82. The molecule has 144 valence electrons. The standard InChI is InChI=1S/C22H28N2O3/c1-7-27-18-10-8-17(9-11-18)23-20(25)22(5,6)21(26)24-19-15(3)12-14(2)13-16(19)4/h8-13H,7H2,1-6H3,(H,23,25)(H,24,26). The minimum atomic E-state index is -1.23. The van der Waals surface area contributed by atoms with Crippen LogP contribution in [0, 0.1) is 26.2 Å². The van der Waals surface area contributed by atoms with Crippen LogP contribution in [0.15, 0.2) is 36.4 Å². The second-order valence-electron chi connectivity index (χ2n) is 7.26. The highest BCUT2D eigenvalue weighted by Gasteiger charge is 2.36. The summed E-state index contributed by atoms with van der Waals surface area (Å²) in [5.41, 5.74) is 3.23. The first-order valence-electron chi connectivity index (χ1n) is 9.08. The van der Waals surface area contributed by atoms with Crippen LogP contribution in [-0.4, -0.2) is 18.4 Å². The minimum Gasteiger partial charge on any atom is -0.494 e. The molecule has 0 saturated heterocycles. The molecule has 2 rings (SSSR count). The van der Waals surface area contributed by atoms with Gasteiger partial charge in [0.05, 0.1) is 6.61 Å². The van der Waals surface area contributed by atoms with Gasteiger partial charge in [0.15, 0.2) is 0 Å². The highest BCUT2D eigenvalue weighted by atomic mass is 16.5. The molecule has 0 saturated carbocycles. The van der Waals surface area contributed by atoms with Crippen molar-refractivity contribution in [3.63, 3.8) is 0 Å². The monoisotopic (exact) mass is 368 g/mol. The fraction of sp³-hybridized carbons (Fsp3) is 0.364. The lowest BCUT2D eigenvalue weighted by Gasteiger charge is -2.24. The summed E-state index contributed by atoms with van der Waals surface area (Å²) in [6.07, 6.45) is 0. The lowest BCUT2D eigenvalue weighted by Crippen LogP contribution is -2.41. The van der Waals surface area contributed by atoms with Crippen LogP contribution in [0.1, 0.15) is 37.5 Å². The third-order valence-electron chi connectivity index (χ3n) is 4.47. The fourth-order valence-electron chi connectivity index (χ4n) is 2.84. The minimum absolute atomic E-state index is 0.346. The zero-order chi connectivity index (χ0) is 20.2. The van der Waals surface area contributed by atoms with Crippen LogP contribution in [-0.2, 0) is 9.59 Å². The predicted molar refractivity (Wildman–Crippen MR) is 109 cm³/mol. The Balaban J connectivity index is 2.11. The molecular formula is C22H28N2O3. The van der Waals surface area contributed by atoms with Crippen molar-refractivity contribution in [1.82, 2.24) is 0 Å². The number of hydrogen-bond donors (Lipinski definition) is 2. The van der Waals surface area contributed by atoms with Gasteiger partial charge in [-0.2, -0.15) is 0 Å². The summed E-state index contributed by atoms with van der Waals surface area (Å²) in [7, 11) is 0. The number of rotatable bonds is 6. The molecule has 2 aromatic rings. The molecule has 0 atom stereocenters. The maximum absolute atomic E-state index is 12.8. The molecule has 5 heteroatoms. The number of benzene rings is 2. The molecule has 0 aliphatic rings. The maximum Gasteiger partial charge on any atom is 0.239 e. The van der Waals surface area contributed by atoms with Gasteiger partial charge in [-0.25, -0.2) is 0 Å². The number of ether oxygens (including phenoxy) is 1. The van der Waals surface area contributed by atoms with Gasteiger partial charge >= 0.3 is 0 Å². The van der Waals surface area contributed by atoms with Gasteiger partial charge in [-0.15, -0.1) is 0 Å². The first-order valence-corrected chi connectivity index (χ1v) is 9.08.